The summed E-state index contributed by atoms with van der Waals surface area (Å²) in [6, 6.07) is 2.62. The molecule has 0 aromatic heterocycles. The molecular formula is C15H21FN2O2. The number of hydrogen-bond acceptors (Lipinski definition) is 3. The highest BCUT2D eigenvalue weighted by Gasteiger charge is 2.31. The van der Waals surface area contributed by atoms with Crippen LogP contribution in [0.4, 0.5) is 15.8 Å². The number of carboxylic acids is 1. The van der Waals surface area contributed by atoms with Gasteiger partial charge < -0.3 is 16.2 Å². The summed E-state index contributed by atoms with van der Waals surface area (Å²) in [7, 11) is 0. The Bertz CT molecular complexity index is 519. The minimum Gasteiger partial charge on any atom is -0.478 e. The van der Waals surface area contributed by atoms with E-state index in [2.05, 4.69) is 19.2 Å². The molecule has 20 heavy (non-hydrogen) atoms. The highest BCUT2D eigenvalue weighted by atomic mass is 19.1. The van der Waals surface area contributed by atoms with E-state index in [1.807, 2.05) is 0 Å². The van der Waals surface area contributed by atoms with Crippen molar-refractivity contribution in [3.8, 4) is 0 Å². The summed E-state index contributed by atoms with van der Waals surface area (Å²) in [5.74, 6) is -0.883. The molecule has 0 bridgehead atoms. The van der Waals surface area contributed by atoms with Gasteiger partial charge in [-0.05, 0) is 36.8 Å². The number of benzene rings is 1. The Balaban J connectivity index is 2.18. The summed E-state index contributed by atoms with van der Waals surface area (Å²) in [5.41, 5.74) is 6.20. The first-order chi connectivity index (χ1) is 9.43. The minimum atomic E-state index is -1.30. The lowest BCUT2D eigenvalue weighted by atomic mass is 9.93. The van der Waals surface area contributed by atoms with Crippen molar-refractivity contribution in [2.45, 2.75) is 39.2 Å². The van der Waals surface area contributed by atoms with Gasteiger partial charge in [0.15, 0.2) is 0 Å². The zero-order valence-electron chi connectivity index (χ0n) is 11.8. The lowest BCUT2D eigenvalue weighted by molar-refractivity contribution is 0.0692. The van der Waals surface area contributed by atoms with Gasteiger partial charge in [0.2, 0.25) is 0 Å². The standard InChI is InChI=1S/C15H21FN2O2/c1-3-9-4-5-13(8(9)2)18-14-7-11(16)10(15(19)20)6-12(14)17/h6-9,13,18H,3-5,17H2,1-2H3,(H,19,20). The van der Waals surface area contributed by atoms with E-state index in [4.69, 9.17) is 10.8 Å². The van der Waals surface area contributed by atoms with Gasteiger partial charge in [-0.3, -0.25) is 0 Å². The van der Waals surface area contributed by atoms with Crippen molar-refractivity contribution < 1.29 is 14.3 Å². The Morgan fingerprint density at radius 1 is 1.50 bits per heavy atom. The number of carbonyl (C=O) groups is 1. The first-order valence-corrected chi connectivity index (χ1v) is 7.02. The van der Waals surface area contributed by atoms with Crippen LogP contribution in [-0.2, 0) is 0 Å². The monoisotopic (exact) mass is 280 g/mol. The maximum absolute atomic E-state index is 13.7. The minimum absolute atomic E-state index is 0.261. The maximum Gasteiger partial charge on any atom is 0.338 e. The van der Waals surface area contributed by atoms with E-state index in [-0.39, 0.29) is 17.3 Å². The molecule has 3 unspecified atom stereocenters. The number of hydrogen-bond donors (Lipinski definition) is 3. The molecule has 4 N–H and O–H groups in total. The molecule has 110 valence electrons. The van der Waals surface area contributed by atoms with Crippen molar-refractivity contribution >= 4 is 17.3 Å². The molecule has 4 nitrogen and oxygen atoms in total. The number of nitrogen functional groups attached to an aromatic ring is 1. The molecule has 1 aromatic rings. The van der Waals surface area contributed by atoms with Crippen molar-refractivity contribution in [3.63, 3.8) is 0 Å². The number of anilines is 2. The molecule has 1 saturated carbocycles. The molecule has 0 amide bonds. The third-order valence-corrected chi connectivity index (χ3v) is 4.46. The van der Waals surface area contributed by atoms with Crippen molar-refractivity contribution in [2.75, 3.05) is 11.1 Å². The summed E-state index contributed by atoms with van der Waals surface area (Å²) in [6.45, 7) is 4.37. The van der Waals surface area contributed by atoms with Gasteiger partial charge in [0.25, 0.3) is 0 Å². The number of aromatic carboxylic acids is 1. The molecule has 1 fully saturated rings. The SMILES string of the molecule is CCC1CCC(Nc2cc(F)c(C(=O)O)cc2N)C1C. The van der Waals surface area contributed by atoms with Crippen LogP contribution in [0.1, 0.15) is 43.5 Å². The number of rotatable bonds is 4. The average molecular weight is 280 g/mol. The fourth-order valence-corrected chi connectivity index (χ4v) is 3.11. The Morgan fingerprint density at radius 2 is 2.20 bits per heavy atom. The molecule has 0 spiro atoms. The molecule has 5 heteroatoms. The molecular weight excluding hydrogens is 259 g/mol. The smallest absolute Gasteiger partial charge is 0.338 e. The molecule has 0 aliphatic heterocycles. The third-order valence-electron chi connectivity index (χ3n) is 4.46. The molecule has 0 radical (unpaired) electrons. The van der Waals surface area contributed by atoms with E-state index < -0.39 is 11.8 Å². The highest BCUT2D eigenvalue weighted by molar-refractivity contribution is 5.90. The summed E-state index contributed by atoms with van der Waals surface area (Å²) in [4.78, 5) is 10.8. The molecule has 3 atom stereocenters. The predicted molar refractivity (Wildman–Crippen MR) is 77.4 cm³/mol. The second kappa shape index (κ2) is 5.69. The van der Waals surface area contributed by atoms with E-state index in [1.165, 1.54) is 12.1 Å². The van der Waals surface area contributed by atoms with Gasteiger partial charge in [0.1, 0.15) is 5.82 Å². The van der Waals surface area contributed by atoms with Gasteiger partial charge in [-0.1, -0.05) is 20.3 Å². The van der Waals surface area contributed by atoms with Gasteiger partial charge in [0, 0.05) is 6.04 Å². The van der Waals surface area contributed by atoms with Crippen LogP contribution in [0, 0.1) is 17.7 Å². The molecule has 1 aliphatic carbocycles. The Hall–Kier alpha value is -1.78. The van der Waals surface area contributed by atoms with E-state index in [9.17, 15) is 9.18 Å². The van der Waals surface area contributed by atoms with Crippen molar-refractivity contribution in [2.24, 2.45) is 11.8 Å². The summed E-state index contributed by atoms with van der Waals surface area (Å²) in [5, 5.41) is 12.1. The number of nitrogens with one attached hydrogen (secondary N) is 1. The van der Waals surface area contributed by atoms with Crippen LogP contribution in [-0.4, -0.2) is 17.1 Å². The average Bonchev–Trinajstić information content (AvgIpc) is 2.74. The topological polar surface area (TPSA) is 75.3 Å². The van der Waals surface area contributed by atoms with Crippen molar-refractivity contribution in [1.29, 1.82) is 0 Å². The first-order valence-electron chi connectivity index (χ1n) is 7.02. The van der Waals surface area contributed by atoms with Gasteiger partial charge in [-0.15, -0.1) is 0 Å². The van der Waals surface area contributed by atoms with Crippen molar-refractivity contribution in [1.82, 2.24) is 0 Å². The number of halogens is 1. The Morgan fingerprint density at radius 3 is 2.75 bits per heavy atom. The van der Waals surface area contributed by atoms with Crippen LogP contribution < -0.4 is 11.1 Å². The number of nitrogens with two attached hydrogens (primary N) is 1. The Kier molecular flexibility index (Phi) is 4.16. The molecule has 1 aromatic carbocycles. The van der Waals surface area contributed by atoms with Gasteiger partial charge in [-0.25, -0.2) is 9.18 Å². The van der Waals surface area contributed by atoms with E-state index in [1.54, 1.807) is 0 Å². The van der Waals surface area contributed by atoms with Crippen LogP contribution in [0.3, 0.4) is 0 Å². The highest BCUT2D eigenvalue weighted by Crippen LogP contribution is 2.36. The van der Waals surface area contributed by atoms with Crippen LogP contribution in [0.2, 0.25) is 0 Å². The second-order valence-corrected chi connectivity index (χ2v) is 5.58. The first kappa shape index (κ1) is 14.6. The lowest BCUT2D eigenvalue weighted by Gasteiger charge is -2.23. The Labute approximate surface area is 118 Å². The van der Waals surface area contributed by atoms with Gasteiger partial charge in [-0.2, -0.15) is 0 Å². The molecule has 1 aliphatic rings. The third kappa shape index (κ3) is 2.71. The largest absolute Gasteiger partial charge is 0.478 e. The summed E-state index contributed by atoms with van der Waals surface area (Å²) in [6.07, 6.45) is 3.33. The molecule has 0 saturated heterocycles. The quantitative estimate of drug-likeness (QED) is 0.739. The number of carboxylic acid groups (broad SMARTS) is 1. The summed E-state index contributed by atoms with van der Waals surface area (Å²) >= 11 is 0. The van der Waals surface area contributed by atoms with E-state index in [0.29, 0.717) is 17.5 Å². The van der Waals surface area contributed by atoms with Crippen LogP contribution in [0.15, 0.2) is 12.1 Å². The van der Waals surface area contributed by atoms with E-state index >= 15 is 0 Å². The lowest BCUT2D eigenvalue weighted by Crippen LogP contribution is -2.25. The van der Waals surface area contributed by atoms with Crippen LogP contribution in [0.25, 0.3) is 0 Å². The zero-order valence-corrected chi connectivity index (χ0v) is 11.8. The summed E-state index contributed by atoms with van der Waals surface area (Å²) < 4.78 is 13.7. The normalized spacial score (nSPS) is 25.6. The molecule has 2 rings (SSSR count). The fraction of sp³-hybridized carbons (Fsp3) is 0.533. The molecule has 0 heterocycles. The fourth-order valence-electron chi connectivity index (χ4n) is 3.11. The van der Waals surface area contributed by atoms with Crippen molar-refractivity contribution in [3.05, 3.63) is 23.5 Å². The van der Waals surface area contributed by atoms with Gasteiger partial charge in [0.05, 0.1) is 16.9 Å². The van der Waals surface area contributed by atoms with Gasteiger partial charge >= 0.3 is 5.97 Å². The predicted octanol–water partition coefficient (Wildman–Crippen LogP) is 3.34. The van der Waals surface area contributed by atoms with Crippen LogP contribution >= 0.6 is 0 Å². The second-order valence-electron chi connectivity index (χ2n) is 5.58. The van der Waals surface area contributed by atoms with E-state index in [0.717, 1.165) is 19.3 Å². The zero-order chi connectivity index (χ0) is 14.9. The maximum atomic E-state index is 13.7. The van der Waals surface area contributed by atoms with Crippen LogP contribution in [0.5, 0.6) is 0 Å².